The van der Waals surface area contributed by atoms with E-state index in [1.165, 1.54) is 17.9 Å². The van der Waals surface area contributed by atoms with Crippen molar-refractivity contribution in [3.05, 3.63) is 18.2 Å². The molecule has 0 unspecified atom stereocenters. The quantitative estimate of drug-likeness (QED) is 0.723. The van der Waals surface area contributed by atoms with Gasteiger partial charge < -0.3 is 4.98 Å². The normalized spacial score (nSPS) is 11.1. The van der Waals surface area contributed by atoms with Gasteiger partial charge in [0.25, 0.3) is 0 Å². The number of nitrogens with one attached hydrogen (secondary N) is 1. The average molecular weight is 232 g/mol. The van der Waals surface area contributed by atoms with Gasteiger partial charge in [0.05, 0.1) is 11.9 Å². The number of nitrogens with zero attached hydrogens (tertiary/aromatic N) is 5. The number of aromatic nitrogens is 6. The Balaban J connectivity index is 2.19. The first-order chi connectivity index (χ1) is 7.88. The van der Waals surface area contributed by atoms with Crippen molar-refractivity contribution in [3.8, 4) is 10.7 Å². The molecule has 0 aliphatic heterocycles. The molecule has 3 aromatic rings. The van der Waals surface area contributed by atoms with Crippen LogP contribution < -0.4 is 0 Å². The van der Waals surface area contributed by atoms with Gasteiger partial charge in [-0.05, 0) is 18.0 Å². The lowest BCUT2D eigenvalue weighted by Crippen LogP contribution is -1.85. The van der Waals surface area contributed by atoms with Crippen molar-refractivity contribution in [2.45, 2.75) is 13.3 Å². The van der Waals surface area contributed by atoms with Crippen LogP contribution in [0.3, 0.4) is 0 Å². The summed E-state index contributed by atoms with van der Waals surface area (Å²) in [6.07, 6.45) is 4.03. The van der Waals surface area contributed by atoms with Crippen LogP contribution in [0.1, 0.15) is 12.6 Å². The summed E-state index contributed by atoms with van der Waals surface area (Å²) in [7, 11) is 0. The molecule has 0 fully saturated rings. The minimum atomic E-state index is 0.667. The van der Waals surface area contributed by atoms with Crippen LogP contribution in [0.25, 0.3) is 21.9 Å². The Morgan fingerprint density at radius 1 is 1.44 bits per heavy atom. The van der Waals surface area contributed by atoms with E-state index in [2.05, 4.69) is 29.5 Å². The first kappa shape index (κ1) is 9.34. The van der Waals surface area contributed by atoms with Gasteiger partial charge in [-0.15, -0.1) is 5.10 Å². The molecule has 6 nitrogen and oxygen atoms in total. The van der Waals surface area contributed by atoms with Crippen LogP contribution >= 0.6 is 11.5 Å². The standard InChI is InChI=1S/C9H8N6S/c1-2-5-7(16-15-14-5)9-12-6-3-10-4-11-8(6)13-9/h3-4H,2H2,1H3,(H,10,11,12,13). The molecule has 3 rings (SSSR count). The first-order valence-corrected chi connectivity index (χ1v) is 5.63. The van der Waals surface area contributed by atoms with Crippen LogP contribution in [0.5, 0.6) is 0 Å². The predicted molar refractivity (Wildman–Crippen MR) is 60.0 cm³/mol. The van der Waals surface area contributed by atoms with Crippen molar-refractivity contribution < 1.29 is 0 Å². The van der Waals surface area contributed by atoms with Gasteiger partial charge in [0.2, 0.25) is 0 Å². The van der Waals surface area contributed by atoms with Crippen molar-refractivity contribution >= 4 is 22.7 Å². The molecule has 0 bridgehead atoms. The fraction of sp³-hybridized carbons (Fsp3) is 0.222. The lowest BCUT2D eigenvalue weighted by molar-refractivity contribution is 0.990. The Kier molecular flexibility index (Phi) is 2.10. The largest absolute Gasteiger partial charge is 0.335 e. The zero-order valence-electron chi connectivity index (χ0n) is 8.51. The van der Waals surface area contributed by atoms with E-state index in [1.54, 1.807) is 6.20 Å². The lowest BCUT2D eigenvalue weighted by Gasteiger charge is -1.91. The monoisotopic (exact) mass is 232 g/mol. The fourth-order valence-corrected chi connectivity index (χ4v) is 2.18. The van der Waals surface area contributed by atoms with Crippen LogP contribution in [0, 0.1) is 0 Å². The summed E-state index contributed by atoms with van der Waals surface area (Å²) >= 11 is 1.34. The molecule has 0 aliphatic carbocycles. The SMILES string of the molecule is CCc1nnsc1-c1nc2ncncc2[nH]1. The summed E-state index contributed by atoms with van der Waals surface area (Å²) in [6, 6.07) is 0. The van der Waals surface area contributed by atoms with Crippen molar-refractivity contribution in [1.82, 2.24) is 29.5 Å². The second kappa shape index (κ2) is 3.60. The number of hydrogen-bond acceptors (Lipinski definition) is 6. The Labute approximate surface area is 95.0 Å². The number of aryl methyl sites for hydroxylation is 1. The maximum absolute atomic E-state index is 4.39. The van der Waals surface area contributed by atoms with Gasteiger partial charge in [0.15, 0.2) is 11.5 Å². The zero-order chi connectivity index (χ0) is 11.0. The van der Waals surface area contributed by atoms with E-state index in [1.807, 2.05) is 6.92 Å². The second-order valence-corrected chi connectivity index (χ2v) is 4.00. The molecule has 0 saturated carbocycles. The predicted octanol–water partition coefficient (Wildman–Crippen LogP) is 1.43. The van der Waals surface area contributed by atoms with Gasteiger partial charge in [-0.3, -0.25) is 0 Å². The minimum absolute atomic E-state index is 0.667. The van der Waals surface area contributed by atoms with E-state index in [9.17, 15) is 0 Å². The molecular weight excluding hydrogens is 224 g/mol. The number of imidazole rings is 1. The number of hydrogen-bond donors (Lipinski definition) is 1. The highest BCUT2D eigenvalue weighted by Gasteiger charge is 2.13. The number of fused-ring (bicyclic) bond motifs is 1. The van der Waals surface area contributed by atoms with E-state index >= 15 is 0 Å². The Morgan fingerprint density at radius 2 is 2.38 bits per heavy atom. The van der Waals surface area contributed by atoms with Crippen molar-refractivity contribution in [3.63, 3.8) is 0 Å². The molecule has 0 saturated heterocycles. The molecule has 0 amide bonds. The molecule has 3 aromatic heterocycles. The van der Waals surface area contributed by atoms with Gasteiger partial charge in [0, 0.05) is 0 Å². The van der Waals surface area contributed by atoms with Crippen LogP contribution in [0.2, 0.25) is 0 Å². The van der Waals surface area contributed by atoms with E-state index in [-0.39, 0.29) is 0 Å². The Hall–Kier alpha value is -1.89. The van der Waals surface area contributed by atoms with Gasteiger partial charge in [-0.1, -0.05) is 11.4 Å². The molecule has 80 valence electrons. The van der Waals surface area contributed by atoms with Crippen molar-refractivity contribution in [1.29, 1.82) is 0 Å². The summed E-state index contributed by atoms with van der Waals surface area (Å²) in [5.41, 5.74) is 2.45. The van der Waals surface area contributed by atoms with Gasteiger partial charge in [-0.2, -0.15) is 0 Å². The maximum Gasteiger partial charge on any atom is 0.181 e. The van der Waals surface area contributed by atoms with Crippen LogP contribution in [-0.4, -0.2) is 29.5 Å². The summed E-state index contributed by atoms with van der Waals surface area (Å²) in [5, 5.41) is 4.05. The van der Waals surface area contributed by atoms with Crippen LogP contribution in [-0.2, 0) is 6.42 Å². The number of aromatic amines is 1. The number of rotatable bonds is 2. The molecule has 0 spiro atoms. The van der Waals surface area contributed by atoms with E-state index in [4.69, 9.17) is 0 Å². The molecule has 3 heterocycles. The lowest BCUT2D eigenvalue weighted by atomic mass is 10.3. The molecule has 7 heteroatoms. The highest BCUT2D eigenvalue weighted by atomic mass is 32.1. The average Bonchev–Trinajstić information content (AvgIpc) is 2.94. The summed E-state index contributed by atoms with van der Waals surface area (Å²) < 4.78 is 3.94. The van der Waals surface area contributed by atoms with Gasteiger partial charge in [-0.25, -0.2) is 15.0 Å². The molecule has 0 aromatic carbocycles. The van der Waals surface area contributed by atoms with Crippen molar-refractivity contribution in [2.75, 3.05) is 0 Å². The zero-order valence-corrected chi connectivity index (χ0v) is 9.32. The Morgan fingerprint density at radius 3 is 3.19 bits per heavy atom. The van der Waals surface area contributed by atoms with Crippen LogP contribution in [0.4, 0.5) is 0 Å². The highest BCUT2D eigenvalue weighted by Crippen LogP contribution is 2.24. The third-order valence-electron chi connectivity index (χ3n) is 2.27. The fourth-order valence-electron chi connectivity index (χ4n) is 1.49. The smallest absolute Gasteiger partial charge is 0.181 e. The van der Waals surface area contributed by atoms with E-state index < -0.39 is 0 Å². The van der Waals surface area contributed by atoms with Gasteiger partial charge in [0.1, 0.15) is 16.7 Å². The minimum Gasteiger partial charge on any atom is -0.335 e. The topological polar surface area (TPSA) is 80.2 Å². The van der Waals surface area contributed by atoms with Crippen LogP contribution in [0.15, 0.2) is 12.5 Å². The molecular formula is C9H8N6S. The summed E-state index contributed by atoms with van der Waals surface area (Å²) in [4.78, 5) is 16.5. The van der Waals surface area contributed by atoms with Gasteiger partial charge >= 0.3 is 0 Å². The second-order valence-electron chi connectivity index (χ2n) is 3.25. The first-order valence-electron chi connectivity index (χ1n) is 4.86. The Bertz CT molecular complexity index is 595. The molecule has 0 atom stereocenters. The van der Waals surface area contributed by atoms with E-state index in [0.29, 0.717) is 5.65 Å². The third kappa shape index (κ3) is 1.36. The highest BCUT2D eigenvalue weighted by molar-refractivity contribution is 7.09. The number of H-pyrrole nitrogens is 1. The molecule has 0 aliphatic rings. The van der Waals surface area contributed by atoms with Crippen molar-refractivity contribution in [2.24, 2.45) is 0 Å². The molecule has 16 heavy (non-hydrogen) atoms. The maximum atomic E-state index is 4.39. The molecule has 1 N–H and O–H groups in total. The summed E-state index contributed by atoms with van der Waals surface area (Å²) in [6.45, 7) is 2.04. The van der Waals surface area contributed by atoms with E-state index in [0.717, 1.165) is 28.3 Å². The summed E-state index contributed by atoms with van der Waals surface area (Å²) in [5.74, 6) is 0.766. The third-order valence-corrected chi connectivity index (χ3v) is 3.04. The molecule has 0 radical (unpaired) electrons.